The number of amides is 2. The number of rotatable bonds is 4. The predicted octanol–water partition coefficient (Wildman–Crippen LogP) is -1.00. The average Bonchev–Trinajstić information content (AvgIpc) is 2.35. The van der Waals surface area contributed by atoms with Crippen LogP contribution in [0.4, 0.5) is 0 Å². The third kappa shape index (κ3) is 3.18. The lowest BCUT2D eigenvalue weighted by atomic mass is 10.2. The largest absolute Gasteiger partial charge is 0.377 e. The van der Waals surface area contributed by atoms with Crippen LogP contribution in [0.3, 0.4) is 0 Å². The van der Waals surface area contributed by atoms with Gasteiger partial charge in [-0.05, 0) is 6.92 Å². The number of carbonyl (C=O) groups is 2. The molecule has 1 N–H and O–H groups in total. The number of hydrogen-bond acceptors (Lipinski definition) is 4. The maximum Gasteiger partial charge on any atom is 0.249 e. The van der Waals surface area contributed by atoms with Gasteiger partial charge in [0.05, 0.1) is 13.2 Å². The minimum atomic E-state index is -0.535. The number of nitrogens with one attached hydrogen (secondary N) is 1. The summed E-state index contributed by atoms with van der Waals surface area (Å²) in [4.78, 5) is 24.8. The van der Waals surface area contributed by atoms with Crippen molar-refractivity contribution in [1.29, 1.82) is 0 Å². The minimum absolute atomic E-state index is 0.0179. The van der Waals surface area contributed by atoms with Crippen molar-refractivity contribution in [2.45, 2.75) is 13.0 Å². The maximum atomic E-state index is 11.8. The van der Waals surface area contributed by atoms with Gasteiger partial charge in [-0.2, -0.15) is 0 Å². The summed E-state index contributed by atoms with van der Waals surface area (Å²) in [5.74, 6) is -0.372. The Bertz CT molecular complexity index is 257. The Balaban J connectivity index is 2.59. The van der Waals surface area contributed by atoms with Gasteiger partial charge in [0.15, 0.2) is 0 Å². The molecule has 1 saturated heterocycles. The second kappa shape index (κ2) is 6.44. The van der Waals surface area contributed by atoms with Gasteiger partial charge in [0, 0.05) is 20.2 Å². The van der Waals surface area contributed by atoms with Gasteiger partial charge in [0.2, 0.25) is 11.8 Å². The van der Waals surface area contributed by atoms with Crippen LogP contribution in [0.25, 0.3) is 0 Å². The predicted molar refractivity (Wildman–Crippen MR) is 56.9 cm³/mol. The maximum absolute atomic E-state index is 11.8. The van der Waals surface area contributed by atoms with Crippen molar-refractivity contribution in [2.75, 3.05) is 40.0 Å². The van der Waals surface area contributed by atoms with Gasteiger partial charge in [-0.25, -0.2) is 0 Å². The molecule has 0 aliphatic carbocycles. The average molecular weight is 230 g/mol. The standard InChI is InChI=1S/C10H18N2O4/c1-3-15-7-9(13)12-4-5-16-6-8(12)10(14)11-2/h8H,3-7H2,1-2H3,(H,11,14). The minimum Gasteiger partial charge on any atom is -0.377 e. The molecule has 1 unspecified atom stereocenters. The molecule has 0 aromatic carbocycles. The Morgan fingerprint density at radius 3 is 2.94 bits per heavy atom. The van der Waals surface area contributed by atoms with Crippen LogP contribution in [-0.4, -0.2) is 62.8 Å². The molecule has 0 radical (unpaired) electrons. The van der Waals surface area contributed by atoms with Gasteiger partial charge in [0.25, 0.3) is 0 Å². The molecule has 0 bridgehead atoms. The van der Waals surface area contributed by atoms with Crippen LogP contribution < -0.4 is 5.32 Å². The van der Waals surface area contributed by atoms with E-state index in [-0.39, 0.29) is 25.0 Å². The monoisotopic (exact) mass is 230 g/mol. The summed E-state index contributed by atoms with van der Waals surface area (Å²) >= 11 is 0. The molecular weight excluding hydrogens is 212 g/mol. The number of ether oxygens (including phenoxy) is 2. The Labute approximate surface area is 94.9 Å². The van der Waals surface area contributed by atoms with Crippen LogP contribution in [-0.2, 0) is 19.1 Å². The normalized spacial score (nSPS) is 20.6. The van der Waals surface area contributed by atoms with Crippen LogP contribution in [0.1, 0.15) is 6.92 Å². The Morgan fingerprint density at radius 1 is 1.56 bits per heavy atom. The van der Waals surface area contributed by atoms with Crippen molar-refractivity contribution in [1.82, 2.24) is 10.2 Å². The van der Waals surface area contributed by atoms with E-state index in [9.17, 15) is 9.59 Å². The van der Waals surface area contributed by atoms with Crippen LogP contribution in [0.5, 0.6) is 0 Å². The summed E-state index contributed by atoms with van der Waals surface area (Å²) in [6.07, 6.45) is 0. The second-order valence-corrected chi connectivity index (χ2v) is 3.43. The van der Waals surface area contributed by atoms with E-state index < -0.39 is 6.04 Å². The van der Waals surface area contributed by atoms with Crippen molar-refractivity contribution in [2.24, 2.45) is 0 Å². The molecule has 0 aromatic rings. The van der Waals surface area contributed by atoms with Gasteiger partial charge in [0.1, 0.15) is 12.6 Å². The zero-order chi connectivity index (χ0) is 12.0. The summed E-state index contributed by atoms with van der Waals surface area (Å²) in [5, 5.41) is 2.52. The Morgan fingerprint density at radius 2 is 2.31 bits per heavy atom. The molecule has 1 atom stereocenters. The quantitative estimate of drug-likeness (QED) is 0.672. The van der Waals surface area contributed by atoms with E-state index in [1.807, 2.05) is 6.92 Å². The molecular formula is C10H18N2O4. The summed E-state index contributed by atoms with van der Waals surface area (Å²) < 4.78 is 10.2. The van der Waals surface area contributed by atoms with Gasteiger partial charge in [-0.1, -0.05) is 0 Å². The second-order valence-electron chi connectivity index (χ2n) is 3.43. The molecule has 2 amide bonds. The fourth-order valence-corrected chi connectivity index (χ4v) is 1.56. The topological polar surface area (TPSA) is 67.9 Å². The zero-order valence-corrected chi connectivity index (χ0v) is 9.69. The van der Waals surface area contributed by atoms with E-state index in [0.717, 1.165) is 0 Å². The molecule has 1 heterocycles. The van der Waals surface area contributed by atoms with Crippen LogP contribution in [0.2, 0.25) is 0 Å². The fourth-order valence-electron chi connectivity index (χ4n) is 1.56. The third-order valence-corrected chi connectivity index (χ3v) is 2.43. The first kappa shape index (κ1) is 12.9. The Hall–Kier alpha value is -1.14. The van der Waals surface area contributed by atoms with Crippen molar-refractivity contribution >= 4 is 11.8 Å². The van der Waals surface area contributed by atoms with Crippen molar-refractivity contribution in [3.63, 3.8) is 0 Å². The van der Waals surface area contributed by atoms with E-state index in [4.69, 9.17) is 9.47 Å². The smallest absolute Gasteiger partial charge is 0.249 e. The van der Waals surface area contributed by atoms with Gasteiger partial charge < -0.3 is 19.7 Å². The highest BCUT2D eigenvalue weighted by Crippen LogP contribution is 2.07. The van der Waals surface area contributed by atoms with Crippen molar-refractivity contribution < 1.29 is 19.1 Å². The van der Waals surface area contributed by atoms with Gasteiger partial charge in [-0.15, -0.1) is 0 Å². The molecule has 6 nitrogen and oxygen atoms in total. The van der Waals surface area contributed by atoms with E-state index in [2.05, 4.69) is 5.32 Å². The molecule has 1 rings (SSSR count). The van der Waals surface area contributed by atoms with E-state index in [0.29, 0.717) is 19.8 Å². The summed E-state index contributed by atoms with van der Waals surface area (Å²) in [6, 6.07) is -0.535. The molecule has 16 heavy (non-hydrogen) atoms. The van der Waals surface area contributed by atoms with E-state index in [1.54, 1.807) is 7.05 Å². The van der Waals surface area contributed by atoms with Gasteiger partial charge >= 0.3 is 0 Å². The molecule has 92 valence electrons. The highest BCUT2D eigenvalue weighted by Gasteiger charge is 2.31. The highest BCUT2D eigenvalue weighted by atomic mass is 16.5. The SMILES string of the molecule is CCOCC(=O)N1CCOCC1C(=O)NC. The van der Waals surface area contributed by atoms with E-state index in [1.165, 1.54) is 4.90 Å². The first-order chi connectivity index (χ1) is 7.70. The lowest BCUT2D eigenvalue weighted by molar-refractivity contribution is -0.151. The molecule has 0 spiro atoms. The van der Waals surface area contributed by atoms with Crippen molar-refractivity contribution in [3.8, 4) is 0 Å². The van der Waals surface area contributed by atoms with Crippen LogP contribution >= 0.6 is 0 Å². The molecule has 0 aromatic heterocycles. The number of carbonyl (C=O) groups excluding carboxylic acids is 2. The zero-order valence-electron chi connectivity index (χ0n) is 9.69. The van der Waals surface area contributed by atoms with Crippen LogP contribution in [0, 0.1) is 0 Å². The summed E-state index contributed by atoms with van der Waals surface area (Å²) in [6.45, 7) is 3.47. The van der Waals surface area contributed by atoms with Crippen molar-refractivity contribution in [3.05, 3.63) is 0 Å². The number of hydrogen-bond donors (Lipinski definition) is 1. The molecule has 0 saturated carbocycles. The van der Waals surface area contributed by atoms with Gasteiger partial charge in [-0.3, -0.25) is 9.59 Å². The fraction of sp³-hybridized carbons (Fsp3) is 0.800. The lowest BCUT2D eigenvalue weighted by Gasteiger charge is -2.34. The molecule has 1 aliphatic heterocycles. The summed E-state index contributed by atoms with van der Waals surface area (Å²) in [7, 11) is 1.54. The number of morpholine rings is 1. The molecule has 1 fully saturated rings. The molecule has 6 heteroatoms. The molecule has 1 aliphatic rings. The van der Waals surface area contributed by atoms with Crippen LogP contribution in [0.15, 0.2) is 0 Å². The lowest BCUT2D eigenvalue weighted by Crippen LogP contribution is -2.56. The van der Waals surface area contributed by atoms with E-state index >= 15 is 0 Å². The highest BCUT2D eigenvalue weighted by molar-refractivity contribution is 5.88. The first-order valence-corrected chi connectivity index (χ1v) is 5.37. The Kier molecular flexibility index (Phi) is 5.21. The summed E-state index contributed by atoms with van der Waals surface area (Å²) in [5.41, 5.74) is 0. The first-order valence-electron chi connectivity index (χ1n) is 5.37. The number of likely N-dealkylation sites (N-methyl/N-ethyl adjacent to an activating group) is 1. The number of nitrogens with zero attached hydrogens (tertiary/aromatic N) is 1. The third-order valence-electron chi connectivity index (χ3n) is 2.43.